The average Bonchev–Trinajstić information content (AvgIpc) is 2.39. The molecule has 5 nitrogen and oxygen atoms in total. The highest BCUT2D eigenvalue weighted by molar-refractivity contribution is 5.89. The number of hydrogen-bond donors (Lipinski definition) is 0. The van der Waals surface area contributed by atoms with Crippen LogP contribution in [0.15, 0.2) is 24.3 Å². The molecule has 18 heavy (non-hydrogen) atoms. The fourth-order valence-electron chi connectivity index (χ4n) is 1.28. The van der Waals surface area contributed by atoms with Crippen molar-refractivity contribution < 1.29 is 23.7 Å². The molecule has 0 radical (unpaired) electrons. The number of benzene rings is 1. The smallest absolute Gasteiger partial charge is 0.338 e. The first-order valence-corrected chi connectivity index (χ1v) is 5.61. The monoisotopic (exact) mass is 254 g/mol. The number of ether oxygens (including phenoxy) is 4. The van der Waals surface area contributed by atoms with E-state index in [9.17, 15) is 4.79 Å². The first-order valence-electron chi connectivity index (χ1n) is 5.61. The molecule has 0 atom stereocenters. The number of esters is 1. The summed E-state index contributed by atoms with van der Waals surface area (Å²) < 4.78 is 20.6. The number of hydrogen-bond acceptors (Lipinski definition) is 5. The van der Waals surface area contributed by atoms with Crippen LogP contribution in [0.25, 0.3) is 0 Å². The van der Waals surface area contributed by atoms with E-state index in [1.807, 2.05) is 0 Å². The van der Waals surface area contributed by atoms with Crippen LogP contribution in [0.4, 0.5) is 0 Å². The van der Waals surface area contributed by atoms with Gasteiger partial charge in [0.15, 0.2) is 0 Å². The summed E-state index contributed by atoms with van der Waals surface area (Å²) in [6.45, 7) is 3.72. The van der Waals surface area contributed by atoms with Crippen molar-refractivity contribution in [2.45, 2.75) is 19.8 Å². The van der Waals surface area contributed by atoms with Crippen molar-refractivity contribution in [3.8, 4) is 5.75 Å². The largest absolute Gasteiger partial charge is 0.462 e. The third-order valence-corrected chi connectivity index (χ3v) is 2.39. The van der Waals surface area contributed by atoms with Gasteiger partial charge in [-0.15, -0.1) is 0 Å². The fraction of sp³-hybridized carbons (Fsp3) is 0.462. The quantitative estimate of drug-likeness (QED) is 0.575. The van der Waals surface area contributed by atoms with Crippen molar-refractivity contribution in [2.75, 3.05) is 20.8 Å². The predicted octanol–water partition coefficient (Wildman–Crippen LogP) is 2.21. The molecule has 0 unspecified atom stereocenters. The van der Waals surface area contributed by atoms with Crippen LogP contribution in [0.5, 0.6) is 5.75 Å². The molecule has 0 saturated carbocycles. The summed E-state index contributed by atoms with van der Waals surface area (Å²) in [5, 5.41) is 0. The maximum atomic E-state index is 11.6. The Bertz CT molecular complexity index is 398. The number of carbonyl (C=O) groups excluding carboxylic acids is 1. The zero-order chi connectivity index (χ0) is 13.6. The molecule has 0 aromatic heterocycles. The molecule has 1 aromatic carbocycles. The third-order valence-electron chi connectivity index (χ3n) is 2.39. The highest BCUT2D eigenvalue weighted by atomic mass is 16.9. The minimum absolute atomic E-state index is 0.331. The normalized spacial score (nSPS) is 11.1. The SMILES string of the molecule is CCOC(=O)c1cccc(OC(C)(OC)OC)c1. The molecule has 0 aliphatic rings. The molecule has 0 aliphatic carbocycles. The first kappa shape index (κ1) is 14.5. The van der Waals surface area contributed by atoms with E-state index >= 15 is 0 Å². The van der Waals surface area contributed by atoms with Gasteiger partial charge >= 0.3 is 11.9 Å². The first-order chi connectivity index (χ1) is 8.54. The number of methoxy groups -OCH3 is 2. The van der Waals surface area contributed by atoms with Gasteiger partial charge in [-0.25, -0.2) is 4.79 Å². The van der Waals surface area contributed by atoms with Crippen LogP contribution in [0.2, 0.25) is 0 Å². The van der Waals surface area contributed by atoms with E-state index in [4.69, 9.17) is 18.9 Å². The Labute approximate surface area is 107 Å². The minimum atomic E-state index is -1.19. The van der Waals surface area contributed by atoms with Crippen LogP contribution in [-0.4, -0.2) is 32.8 Å². The van der Waals surface area contributed by atoms with Crippen LogP contribution in [0.1, 0.15) is 24.2 Å². The molecule has 0 amide bonds. The van der Waals surface area contributed by atoms with Crippen LogP contribution >= 0.6 is 0 Å². The van der Waals surface area contributed by atoms with E-state index < -0.39 is 5.97 Å². The summed E-state index contributed by atoms with van der Waals surface area (Å²) in [7, 11) is 2.94. The van der Waals surface area contributed by atoms with Crippen LogP contribution in [0, 0.1) is 0 Å². The Kier molecular flexibility index (Phi) is 5.12. The molecule has 0 spiro atoms. The van der Waals surface area contributed by atoms with Crippen molar-refractivity contribution in [1.29, 1.82) is 0 Å². The summed E-state index contributed by atoms with van der Waals surface area (Å²) in [4.78, 5) is 11.6. The van der Waals surface area contributed by atoms with Gasteiger partial charge in [0.1, 0.15) is 5.75 Å². The Morgan fingerprint density at radius 1 is 1.28 bits per heavy atom. The average molecular weight is 254 g/mol. The van der Waals surface area contributed by atoms with E-state index in [0.29, 0.717) is 17.9 Å². The molecule has 0 bridgehead atoms. The molecular formula is C13H18O5. The second-order valence-corrected chi connectivity index (χ2v) is 3.62. The van der Waals surface area contributed by atoms with Gasteiger partial charge in [-0.1, -0.05) is 6.07 Å². The second-order valence-electron chi connectivity index (χ2n) is 3.62. The fourth-order valence-corrected chi connectivity index (χ4v) is 1.28. The van der Waals surface area contributed by atoms with Crippen LogP contribution in [-0.2, 0) is 14.2 Å². The Morgan fingerprint density at radius 3 is 2.50 bits per heavy atom. The van der Waals surface area contributed by atoms with Crippen molar-refractivity contribution in [2.24, 2.45) is 0 Å². The zero-order valence-corrected chi connectivity index (χ0v) is 11.1. The van der Waals surface area contributed by atoms with Crippen molar-refractivity contribution in [3.63, 3.8) is 0 Å². The van der Waals surface area contributed by atoms with Gasteiger partial charge in [-0.3, -0.25) is 0 Å². The lowest BCUT2D eigenvalue weighted by atomic mass is 10.2. The Hall–Kier alpha value is -1.59. The van der Waals surface area contributed by atoms with Crippen molar-refractivity contribution in [3.05, 3.63) is 29.8 Å². The molecule has 0 heterocycles. The highest BCUT2D eigenvalue weighted by Crippen LogP contribution is 2.21. The standard InChI is InChI=1S/C13H18O5/c1-5-17-12(14)10-7-6-8-11(9-10)18-13(2,15-3)16-4/h6-9H,5H2,1-4H3. The van der Waals surface area contributed by atoms with Crippen molar-refractivity contribution >= 4 is 5.97 Å². The zero-order valence-electron chi connectivity index (χ0n) is 11.1. The summed E-state index contributed by atoms with van der Waals surface area (Å²) in [6, 6.07) is 6.64. The lowest BCUT2D eigenvalue weighted by molar-refractivity contribution is -0.309. The van der Waals surface area contributed by atoms with E-state index in [-0.39, 0.29) is 5.97 Å². The van der Waals surface area contributed by atoms with Gasteiger partial charge < -0.3 is 18.9 Å². The molecule has 0 saturated heterocycles. The van der Waals surface area contributed by atoms with E-state index in [0.717, 1.165) is 0 Å². The minimum Gasteiger partial charge on any atom is -0.462 e. The van der Waals surface area contributed by atoms with Gasteiger partial charge in [0.25, 0.3) is 0 Å². The lowest BCUT2D eigenvalue weighted by Gasteiger charge is -2.26. The van der Waals surface area contributed by atoms with E-state index in [2.05, 4.69) is 0 Å². The van der Waals surface area contributed by atoms with E-state index in [1.54, 1.807) is 38.1 Å². The third kappa shape index (κ3) is 3.72. The highest BCUT2D eigenvalue weighted by Gasteiger charge is 2.25. The molecule has 100 valence electrons. The molecule has 0 aliphatic heterocycles. The lowest BCUT2D eigenvalue weighted by Crippen LogP contribution is -2.36. The molecule has 1 aromatic rings. The van der Waals surface area contributed by atoms with Gasteiger partial charge in [-0.2, -0.15) is 0 Å². The summed E-state index contributed by atoms with van der Waals surface area (Å²) in [5.41, 5.74) is 0.420. The van der Waals surface area contributed by atoms with Crippen LogP contribution in [0.3, 0.4) is 0 Å². The maximum absolute atomic E-state index is 11.6. The molecule has 5 heteroatoms. The van der Waals surface area contributed by atoms with Gasteiger partial charge in [0.05, 0.1) is 12.2 Å². The second kappa shape index (κ2) is 6.37. The van der Waals surface area contributed by atoms with Gasteiger partial charge in [0.2, 0.25) is 0 Å². The topological polar surface area (TPSA) is 54.0 Å². The predicted molar refractivity (Wildman–Crippen MR) is 65.4 cm³/mol. The van der Waals surface area contributed by atoms with Gasteiger partial charge in [0, 0.05) is 21.1 Å². The van der Waals surface area contributed by atoms with Crippen LogP contribution < -0.4 is 4.74 Å². The van der Waals surface area contributed by atoms with E-state index in [1.165, 1.54) is 14.2 Å². The molecule has 1 rings (SSSR count). The summed E-state index contributed by atoms with van der Waals surface area (Å²) >= 11 is 0. The Balaban J connectivity index is 2.85. The van der Waals surface area contributed by atoms with Crippen molar-refractivity contribution in [1.82, 2.24) is 0 Å². The summed E-state index contributed by atoms with van der Waals surface area (Å²) in [5.74, 6) is -1.11. The molecular weight excluding hydrogens is 236 g/mol. The number of carbonyl (C=O) groups is 1. The molecule has 0 fully saturated rings. The molecule has 0 N–H and O–H groups in total. The maximum Gasteiger partial charge on any atom is 0.338 e. The van der Waals surface area contributed by atoms with Gasteiger partial charge in [-0.05, 0) is 25.1 Å². The Morgan fingerprint density at radius 2 is 1.94 bits per heavy atom. The summed E-state index contributed by atoms with van der Waals surface area (Å²) in [6.07, 6.45) is 0. The number of rotatable bonds is 6.